The molecule has 2 atom stereocenters. The number of hydrogen-bond donors (Lipinski definition) is 1. The van der Waals surface area contributed by atoms with E-state index < -0.39 is 5.82 Å². The highest BCUT2D eigenvalue weighted by Gasteiger charge is 2.30. The van der Waals surface area contributed by atoms with Crippen molar-refractivity contribution in [3.05, 3.63) is 58.3 Å². The number of hydrogen-bond acceptors (Lipinski definition) is 7. The highest BCUT2D eigenvalue weighted by molar-refractivity contribution is 6.30. The molecule has 0 unspecified atom stereocenters. The van der Waals surface area contributed by atoms with Crippen molar-refractivity contribution in [2.75, 3.05) is 18.0 Å². The Labute approximate surface area is 208 Å². The molecule has 2 aromatic heterocycles. The van der Waals surface area contributed by atoms with Crippen LogP contribution in [0.2, 0.25) is 5.02 Å². The molecule has 3 heterocycles. The van der Waals surface area contributed by atoms with E-state index in [1.54, 1.807) is 18.3 Å². The molecule has 0 bridgehead atoms. The number of aromatic nitrogens is 3. The topological polar surface area (TPSA) is 89.5 Å². The first kappa shape index (κ1) is 23.6. The monoisotopic (exact) mass is 494 g/mol. The van der Waals surface area contributed by atoms with Crippen molar-refractivity contribution in [3.8, 4) is 11.3 Å². The van der Waals surface area contributed by atoms with Crippen molar-refractivity contribution >= 4 is 34.7 Å². The number of nitrogens with zero attached hydrogens (tertiary/aromatic N) is 5. The van der Waals surface area contributed by atoms with E-state index in [0.29, 0.717) is 46.6 Å². The first-order valence-corrected chi connectivity index (χ1v) is 12.2. The zero-order chi connectivity index (χ0) is 24.7. The second-order valence-electron chi connectivity index (χ2n) is 9.23. The van der Waals surface area contributed by atoms with Gasteiger partial charge in [0.25, 0.3) is 0 Å². The molecule has 1 aromatic carbocycles. The van der Waals surface area contributed by atoms with Gasteiger partial charge in [-0.05, 0) is 57.9 Å². The third-order valence-corrected chi connectivity index (χ3v) is 6.62. The average Bonchev–Trinajstić information content (AvgIpc) is 3.64. The number of pyridine rings is 1. The fourth-order valence-electron chi connectivity index (χ4n) is 4.24. The summed E-state index contributed by atoms with van der Waals surface area (Å²) >= 11 is 5.98. The Bertz CT molecular complexity index is 1340. The van der Waals surface area contributed by atoms with Gasteiger partial charge in [0.15, 0.2) is 5.65 Å². The van der Waals surface area contributed by atoms with Crippen LogP contribution in [0.5, 0.6) is 0 Å². The summed E-state index contributed by atoms with van der Waals surface area (Å²) in [5.41, 5.74) is 11.2. The van der Waals surface area contributed by atoms with Crippen LogP contribution in [0.15, 0.2) is 41.0 Å². The molecule has 1 saturated carbocycles. The van der Waals surface area contributed by atoms with Gasteiger partial charge in [-0.3, -0.25) is 4.99 Å². The molecule has 9 heteroatoms. The third-order valence-electron chi connectivity index (χ3n) is 6.38. The minimum absolute atomic E-state index is 0.0727. The Kier molecular flexibility index (Phi) is 6.42. The van der Waals surface area contributed by atoms with Gasteiger partial charge in [0.05, 0.1) is 34.9 Å². The normalized spacial score (nSPS) is 21.3. The molecule has 1 aliphatic carbocycles. The predicted molar refractivity (Wildman–Crippen MR) is 138 cm³/mol. The molecule has 1 saturated heterocycles. The summed E-state index contributed by atoms with van der Waals surface area (Å²) in [5.74, 6) is -0.440. The molecular weight excluding hydrogens is 467 g/mol. The lowest BCUT2D eigenvalue weighted by Gasteiger charge is -2.38. The van der Waals surface area contributed by atoms with Crippen LogP contribution in [0.25, 0.3) is 22.4 Å². The maximum atomic E-state index is 14.9. The Hall–Kier alpha value is -3.10. The Morgan fingerprint density at radius 2 is 1.94 bits per heavy atom. The Morgan fingerprint density at radius 3 is 2.66 bits per heavy atom. The van der Waals surface area contributed by atoms with Crippen molar-refractivity contribution in [3.63, 3.8) is 0 Å². The standard InChI is InChI=1S/C26H28ClFN6O/c1-14-12-34(13-24(35-14)17(10-29)11-30-19-5-6-19)23-9-22(20-7-4-18(27)8-21(20)28)33-26-25(23)31-15(2)16(3)32-26/h4,7-11,14,19,24H,5-6,12-13,29H2,1-3H3/b17-10+,30-11?/t14-,24+/m0/s1. The number of anilines is 1. The number of rotatable bonds is 5. The fraction of sp³-hybridized carbons (Fsp3) is 0.385. The molecule has 2 fully saturated rings. The number of ether oxygens (including phenoxy) is 1. The zero-order valence-corrected chi connectivity index (χ0v) is 20.8. The van der Waals surface area contributed by atoms with Gasteiger partial charge in [0.1, 0.15) is 17.4 Å². The van der Waals surface area contributed by atoms with Gasteiger partial charge in [0, 0.05) is 41.7 Å². The summed E-state index contributed by atoms with van der Waals surface area (Å²) in [7, 11) is 0. The number of aryl methyl sites for hydroxylation is 2. The SMILES string of the molecule is Cc1nc2nc(-c3ccc(Cl)cc3F)cc(N3C[C@H](C)O[C@@H](/C(C=NC4CC4)=C/N)C3)c2nc1C. The van der Waals surface area contributed by atoms with Crippen LogP contribution in [-0.2, 0) is 4.74 Å². The summed E-state index contributed by atoms with van der Waals surface area (Å²) in [6.07, 6.45) is 5.31. The molecule has 182 valence electrons. The lowest BCUT2D eigenvalue weighted by atomic mass is 10.1. The molecule has 35 heavy (non-hydrogen) atoms. The van der Waals surface area contributed by atoms with Crippen LogP contribution in [0.1, 0.15) is 31.2 Å². The van der Waals surface area contributed by atoms with Crippen LogP contribution in [0.3, 0.4) is 0 Å². The van der Waals surface area contributed by atoms with Gasteiger partial charge in [0.2, 0.25) is 0 Å². The van der Waals surface area contributed by atoms with E-state index in [2.05, 4.69) is 19.9 Å². The van der Waals surface area contributed by atoms with Crippen LogP contribution < -0.4 is 10.6 Å². The average molecular weight is 495 g/mol. The van der Waals surface area contributed by atoms with E-state index in [9.17, 15) is 4.39 Å². The van der Waals surface area contributed by atoms with Gasteiger partial charge in [-0.25, -0.2) is 19.3 Å². The first-order valence-electron chi connectivity index (χ1n) is 11.8. The molecular formula is C26H28ClFN6O. The van der Waals surface area contributed by atoms with Crippen LogP contribution >= 0.6 is 11.6 Å². The van der Waals surface area contributed by atoms with Crippen LogP contribution in [0, 0.1) is 19.7 Å². The second-order valence-corrected chi connectivity index (χ2v) is 9.67. The predicted octanol–water partition coefficient (Wildman–Crippen LogP) is 4.77. The van der Waals surface area contributed by atoms with Crippen molar-refractivity contribution in [2.45, 2.75) is 51.9 Å². The highest BCUT2D eigenvalue weighted by Crippen LogP contribution is 2.34. The van der Waals surface area contributed by atoms with Crippen LogP contribution in [0.4, 0.5) is 10.1 Å². The van der Waals surface area contributed by atoms with Gasteiger partial charge in [-0.1, -0.05) is 11.6 Å². The molecule has 2 N–H and O–H groups in total. The molecule has 1 aliphatic heterocycles. The minimum Gasteiger partial charge on any atom is -0.404 e. The second kappa shape index (κ2) is 9.51. The largest absolute Gasteiger partial charge is 0.404 e. The third kappa shape index (κ3) is 4.99. The molecule has 0 spiro atoms. The highest BCUT2D eigenvalue weighted by atomic mass is 35.5. The van der Waals surface area contributed by atoms with Gasteiger partial charge in [-0.15, -0.1) is 0 Å². The minimum atomic E-state index is -0.440. The molecule has 0 radical (unpaired) electrons. The quantitative estimate of drug-likeness (QED) is 0.514. The number of fused-ring (bicyclic) bond motifs is 1. The Morgan fingerprint density at radius 1 is 1.17 bits per heavy atom. The summed E-state index contributed by atoms with van der Waals surface area (Å²) in [6.45, 7) is 7.01. The maximum Gasteiger partial charge on any atom is 0.181 e. The maximum absolute atomic E-state index is 14.9. The Balaban J connectivity index is 1.60. The van der Waals surface area contributed by atoms with Gasteiger partial charge >= 0.3 is 0 Å². The molecule has 2 aliphatic rings. The number of halogens is 2. The first-order chi connectivity index (χ1) is 16.8. The number of morpholine rings is 1. The molecule has 3 aromatic rings. The van der Waals surface area contributed by atoms with E-state index >= 15 is 0 Å². The van der Waals surface area contributed by atoms with Gasteiger partial charge < -0.3 is 15.4 Å². The van der Waals surface area contributed by atoms with E-state index in [1.807, 2.05) is 33.1 Å². The van der Waals surface area contributed by atoms with Gasteiger partial charge in [-0.2, -0.15) is 0 Å². The summed E-state index contributed by atoms with van der Waals surface area (Å²) in [4.78, 5) is 20.9. The van der Waals surface area contributed by atoms with Crippen molar-refractivity contribution in [1.29, 1.82) is 0 Å². The summed E-state index contributed by atoms with van der Waals surface area (Å²) in [5, 5.41) is 0.331. The van der Waals surface area contributed by atoms with E-state index in [4.69, 9.17) is 27.1 Å². The molecule has 5 rings (SSSR count). The van der Waals surface area contributed by atoms with E-state index in [1.165, 1.54) is 6.07 Å². The van der Waals surface area contributed by atoms with Crippen molar-refractivity contribution in [1.82, 2.24) is 15.0 Å². The summed E-state index contributed by atoms with van der Waals surface area (Å²) < 4.78 is 21.1. The lowest BCUT2D eigenvalue weighted by molar-refractivity contribution is 0.00724. The fourth-order valence-corrected chi connectivity index (χ4v) is 4.40. The van der Waals surface area contributed by atoms with Crippen LogP contribution in [-0.4, -0.2) is 52.5 Å². The number of nitrogens with two attached hydrogens (primary N) is 1. The van der Waals surface area contributed by atoms with Crippen molar-refractivity contribution in [2.24, 2.45) is 10.7 Å². The smallest absolute Gasteiger partial charge is 0.181 e. The summed E-state index contributed by atoms with van der Waals surface area (Å²) in [6, 6.07) is 6.85. The van der Waals surface area contributed by atoms with E-state index in [0.717, 1.165) is 35.5 Å². The number of benzene rings is 1. The zero-order valence-electron chi connectivity index (χ0n) is 20.0. The molecule has 0 amide bonds. The van der Waals surface area contributed by atoms with Crippen molar-refractivity contribution < 1.29 is 9.13 Å². The lowest BCUT2D eigenvalue weighted by Crippen LogP contribution is -2.48. The van der Waals surface area contributed by atoms with E-state index in [-0.39, 0.29) is 12.2 Å². The molecule has 7 nitrogen and oxygen atoms in total. The number of aliphatic imine (C=N–C) groups is 1.